The quantitative estimate of drug-likeness (QED) is 0.502. The van der Waals surface area contributed by atoms with E-state index in [-0.39, 0.29) is 12.7 Å². The summed E-state index contributed by atoms with van der Waals surface area (Å²) in [4.78, 5) is 4.13. The molecule has 1 fully saturated rings. The number of nitrogens with zero attached hydrogens (tertiary/aromatic N) is 2. The number of imidazole rings is 1. The molecule has 1 aliphatic heterocycles. The molecule has 1 unspecified atom stereocenters. The smallest absolute Gasteiger partial charge is 0.192 e. The molecule has 0 bridgehead atoms. The lowest BCUT2D eigenvalue weighted by Gasteiger charge is -2.28. The first-order chi connectivity index (χ1) is 16.0. The van der Waals surface area contributed by atoms with E-state index in [0.29, 0.717) is 18.2 Å². The van der Waals surface area contributed by atoms with Crippen LogP contribution in [-0.4, -0.2) is 50.5 Å². The van der Waals surface area contributed by atoms with E-state index in [0.717, 1.165) is 29.5 Å². The van der Waals surface area contributed by atoms with Crippen LogP contribution in [0.25, 0.3) is 11.1 Å². The lowest BCUT2D eigenvalue weighted by atomic mass is 10.0. The molecule has 7 heteroatoms. The normalized spacial score (nSPS) is 19.9. The molecule has 33 heavy (non-hydrogen) atoms. The van der Waals surface area contributed by atoms with Crippen LogP contribution in [0.4, 0.5) is 0 Å². The minimum absolute atomic E-state index is 0.181. The Morgan fingerprint density at radius 1 is 1.15 bits per heavy atom. The molecule has 4 atom stereocenters. The first-order valence-corrected chi connectivity index (χ1v) is 11.0. The zero-order valence-electron chi connectivity index (χ0n) is 18.5. The van der Waals surface area contributed by atoms with Crippen molar-refractivity contribution in [2.45, 2.75) is 44.3 Å². The largest absolute Gasteiger partial charge is 0.485 e. The Labute approximate surface area is 193 Å². The highest BCUT2D eigenvalue weighted by molar-refractivity contribution is 5.65. The molecule has 1 saturated heterocycles. The van der Waals surface area contributed by atoms with E-state index in [1.165, 1.54) is 0 Å². The van der Waals surface area contributed by atoms with Gasteiger partial charge in [0.25, 0.3) is 0 Å². The zero-order chi connectivity index (χ0) is 23.2. The molecule has 2 heterocycles. The van der Waals surface area contributed by atoms with E-state index in [1.54, 1.807) is 23.9 Å². The molecule has 172 valence electrons. The van der Waals surface area contributed by atoms with E-state index < -0.39 is 18.4 Å². The van der Waals surface area contributed by atoms with Crippen molar-refractivity contribution in [1.29, 1.82) is 0 Å². The van der Waals surface area contributed by atoms with Crippen molar-refractivity contribution in [2.75, 3.05) is 13.2 Å². The Bertz CT molecular complexity index is 1100. The number of benzene rings is 2. The number of aliphatic hydroxyl groups excluding tert-OH is 3. The molecule has 0 radical (unpaired) electrons. The highest BCUT2D eigenvalue weighted by atomic mass is 16.6. The highest BCUT2D eigenvalue weighted by Crippen LogP contribution is 2.25. The van der Waals surface area contributed by atoms with Crippen molar-refractivity contribution in [3.05, 3.63) is 72.3 Å². The fourth-order valence-electron chi connectivity index (χ4n) is 3.78. The predicted molar refractivity (Wildman–Crippen MR) is 123 cm³/mol. The molecular formula is C26H28N2O5. The first kappa shape index (κ1) is 23.0. The van der Waals surface area contributed by atoms with Crippen LogP contribution in [0.1, 0.15) is 43.3 Å². The molecule has 2 aromatic carbocycles. The summed E-state index contributed by atoms with van der Waals surface area (Å²) < 4.78 is 12.8. The number of ether oxygens (including phenoxy) is 2. The third kappa shape index (κ3) is 5.62. The van der Waals surface area contributed by atoms with Crippen LogP contribution >= 0.6 is 0 Å². The Morgan fingerprint density at radius 3 is 2.48 bits per heavy atom. The monoisotopic (exact) mass is 448 g/mol. The van der Waals surface area contributed by atoms with Gasteiger partial charge in [0.15, 0.2) is 6.29 Å². The molecule has 0 saturated carbocycles. The van der Waals surface area contributed by atoms with E-state index in [9.17, 15) is 15.3 Å². The van der Waals surface area contributed by atoms with Crippen LogP contribution in [0.15, 0.2) is 60.9 Å². The van der Waals surface area contributed by atoms with E-state index in [2.05, 4.69) is 16.8 Å². The second kappa shape index (κ2) is 10.6. The van der Waals surface area contributed by atoms with Gasteiger partial charge in [-0.05, 0) is 55.2 Å². The molecule has 3 N–H and O–H groups in total. The van der Waals surface area contributed by atoms with Gasteiger partial charge >= 0.3 is 0 Å². The maximum atomic E-state index is 9.89. The summed E-state index contributed by atoms with van der Waals surface area (Å²) in [5.74, 6) is 7.31. The minimum Gasteiger partial charge on any atom is -0.485 e. The van der Waals surface area contributed by atoms with Gasteiger partial charge < -0.3 is 29.4 Å². The lowest BCUT2D eigenvalue weighted by Crippen LogP contribution is -2.38. The lowest BCUT2D eigenvalue weighted by molar-refractivity contribution is -0.177. The Hall–Kier alpha value is -3.15. The summed E-state index contributed by atoms with van der Waals surface area (Å²) >= 11 is 0. The van der Waals surface area contributed by atoms with Crippen LogP contribution < -0.4 is 4.74 Å². The van der Waals surface area contributed by atoms with Gasteiger partial charge in [-0.1, -0.05) is 36.1 Å². The average Bonchev–Trinajstić information content (AvgIpc) is 3.32. The number of hydrogen-bond acceptors (Lipinski definition) is 6. The van der Waals surface area contributed by atoms with Crippen LogP contribution in [0.3, 0.4) is 0 Å². The SMILES string of the molecule is C[C@H](O)c1nccn1[C@@H](C#Cc1ccc(-c2ccc(O[C@@H]3CCCOC3O)cc2)cc1)CO. The zero-order valence-corrected chi connectivity index (χ0v) is 18.5. The van der Waals surface area contributed by atoms with Gasteiger partial charge in [0.1, 0.15) is 29.8 Å². The van der Waals surface area contributed by atoms with Gasteiger partial charge in [-0.25, -0.2) is 4.98 Å². The van der Waals surface area contributed by atoms with Gasteiger partial charge in [0.05, 0.1) is 13.2 Å². The average molecular weight is 449 g/mol. The van der Waals surface area contributed by atoms with Crippen molar-refractivity contribution >= 4 is 0 Å². The molecule has 7 nitrogen and oxygen atoms in total. The molecule has 0 spiro atoms. The van der Waals surface area contributed by atoms with E-state index in [4.69, 9.17) is 9.47 Å². The fraction of sp³-hybridized carbons (Fsp3) is 0.346. The van der Waals surface area contributed by atoms with Crippen molar-refractivity contribution < 1.29 is 24.8 Å². The van der Waals surface area contributed by atoms with Crippen molar-refractivity contribution in [2.24, 2.45) is 0 Å². The summed E-state index contributed by atoms with van der Waals surface area (Å²) in [6.45, 7) is 2.01. The topological polar surface area (TPSA) is 97.0 Å². The van der Waals surface area contributed by atoms with Crippen LogP contribution in [0.5, 0.6) is 5.75 Å². The summed E-state index contributed by atoms with van der Waals surface area (Å²) in [6, 6.07) is 15.1. The Morgan fingerprint density at radius 2 is 1.85 bits per heavy atom. The second-order valence-electron chi connectivity index (χ2n) is 8.00. The van der Waals surface area contributed by atoms with Gasteiger partial charge in [-0.15, -0.1) is 0 Å². The van der Waals surface area contributed by atoms with Crippen molar-refractivity contribution in [3.8, 4) is 28.7 Å². The molecule has 1 aliphatic rings. The van der Waals surface area contributed by atoms with E-state index in [1.807, 2.05) is 48.5 Å². The van der Waals surface area contributed by atoms with Gasteiger partial charge in [-0.3, -0.25) is 0 Å². The summed E-state index contributed by atoms with van der Waals surface area (Å²) in [5, 5.41) is 29.5. The van der Waals surface area contributed by atoms with Crippen molar-refractivity contribution in [1.82, 2.24) is 9.55 Å². The summed E-state index contributed by atoms with van der Waals surface area (Å²) in [6.07, 6.45) is 2.96. The molecule has 1 aromatic heterocycles. The number of aromatic nitrogens is 2. The van der Waals surface area contributed by atoms with Crippen LogP contribution in [0, 0.1) is 11.8 Å². The molecule has 0 amide bonds. The van der Waals surface area contributed by atoms with Crippen LogP contribution in [-0.2, 0) is 4.74 Å². The van der Waals surface area contributed by atoms with Gasteiger partial charge in [0, 0.05) is 18.0 Å². The summed E-state index contributed by atoms with van der Waals surface area (Å²) in [5.41, 5.74) is 2.90. The number of hydrogen-bond donors (Lipinski definition) is 3. The third-order valence-electron chi connectivity index (χ3n) is 5.56. The predicted octanol–water partition coefficient (Wildman–Crippen LogP) is 3.06. The minimum atomic E-state index is -0.884. The maximum Gasteiger partial charge on any atom is 0.192 e. The Balaban J connectivity index is 1.43. The molecule has 0 aliphatic carbocycles. The molecular weight excluding hydrogens is 420 g/mol. The highest BCUT2D eigenvalue weighted by Gasteiger charge is 2.25. The summed E-state index contributed by atoms with van der Waals surface area (Å²) in [7, 11) is 0. The fourth-order valence-corrected chi connectivity index (χ4v) is 3.78. The standard InChI is InChI=1S/C26H28N2O5/c1-18(30)25-27-14-15-28(25)22(17-29)11-6-19-4-7-20(8-5-19)21-9-12-23(13-10-21)33-24-3-2-16-32-26(24)31/h4-5,7-10,12-15,18,22,24,26,29-31H,2-3,16-17H2,1H3/t18-,22-,24+,26?/m0/s1. The third-order valence-corrected chi connectivity index (χ3v) is 5.56. The van der Waals surface area contributed by atoms with E-state index >= 15 is 0 Å². The molecule has 4 rings (SSSR count). The second-order valence-corrected chi connectivity index (χ2v) is 8.00. The Kier molecular flexibility index (Phi) is 7.43. The van der Waals surface area contributed by atoms with Crippen LogP contribution in [0.2, 0.25) is 0 Å². The maximum absolute atomic E-state index is 9.89. The molecule has 3 aromatic rings. The number of rotatable bonds is 6. The van der Waals surface area contributed by atoms with Gasteiger partial charge in [-0.2, -0.15) is 0 Å². The van der Waals surface area contributed by atoms with Gasteiger partial charge in [0.2, 0.25) is 0 Å². The number of aliphatic hydroxyl groups is 3. The van der Waals surface area contributed by atoms with Crippen molar-refractivity contribution in [3.63, 3.8) is 0 Å². The first-order valence-electron chi connectivity index (χ1n) is 11.0.